The third-order valence-electron chi connectivity index (χ3n) is 18.1. The lowest BCUT2D eigenvalue weighted by atomic mass is 9.33. The standard InChI is InChI=1S/C66H56BN3O/c1-65-36-13-14-37-66(65,2)70-60-41-48(43-18-5-3-6-19-43)40-59-62(60)67(56-29-17-28-54(65)63(56)70)55-35-34-51(42-58(55)69(59)49-23-7-4-8-24-49)68(57-30-16-27-53-52-26-11-12-31-61(52)71-64(53)57)50-25-15-22-46(39-50)47-33-32-44-20-9-10-21-45(44)38-47/h4,7-12,15-17,20-35,38-43H,3,5-6,13-14,18-19,36-37H2,1-2H3. The normalized spacial score (nSPS) is 20.0. The average Bonchev–Trinajstić information content (AvgIpc) is 3.91. The van der Waals surface area contributed by atoms with Gasteiger partial charge in [0.2, 0.25) is 0 Å². The van der Waals surface area contributed by atoms with Gasteiger partial charge in [-0.2, -0.15) is 0 Å². The number of fused-ring (bicyclic) bond motifs is 11. The second kappa shape index (κ2) is 15.5. The van der Waals surface area contributed by atoms with Crippen LogP contribution in [0.3, 0.4) is 0 Å². The highest BCUT2D eigenvalue weighted by Crippen LogP contribution is 2.62. The van der Waals surface area contributed by atoms with E-state index in [0.717, 1.165) is 39.0 Å². The number of anilines is 8. The fourth-order valence-corrected chi connectivity index (χ4v) is 14.5. The third kappa shape index (κ3) is 5.93. The molecule has 4 heterocycles. The fraction of sp³-hybridized carbons (Fsp3) is 0.212. The van der Waals surface area contributed by atoms with Gasteiger partial charge in [-0.25, -0.2) is 0 Å². The van der Waals surface area contributed by atoms with E-state index in [1.807, 2.05) is 0 Å². The predicted octanol–water partition coefficient (Wildman–Crippen LogP) is 16.3. The smallest absolute Gasteiger partial charge is 0.252 e. The average molecular weight is 918 g/mol. The Morgan fingerprint density at radius 1 is 0.549 bits per heavy atom. The monoisotopic (exact) mass is 917 g/mol. The van der Waals surface area contributed by atoms with Crippen LogP contribution in [-0.2, 0) is 5.41 Å². The molecule has 5 heteroatoms. The minimum absolute atomic E-state index is 0.0190. The highest BCUT2D eigenvalue weighted by atomic mass is 16.3. The summed E-state index contributed by atoms with van der Waals surface area (Å²) < 4.78 is 6.91. The first kappa shape index (κ1) is 41.3. The zero-order valence-corrected chi connectivity index (χ0v) is 40.7. The topological polar surface area (TPSA) is 22.9 Å². The van der Waals surface area contributed by atoms with Crippen LogP contribution < -0.4 is 31.1 Å². The molecule has 0 bridgehead atoms. The first-order valence-electron chi connectivity index (χ1n) is 26.4. The van der Waals surface area contributed by atoms with Crippen molar-refractivity contribution >= 4 is 101 Å². The summed E-state index contributed by atoms with van der Waals surface area (Å²) in [5.74, 6) is 0.550. The molecule has 1 aromatic heterocycles. The summed E-state index contributed by atoms with van der Waals surface area (Å²) >= 11 is 0. The Morgan fingerprint density at radius 3 is 2.20 bits per heavy atom. The Balaban J connectivity index is 0.996. The number of hydrogen-bond donors (Lipinski definition) is 0. The van der Waals surface area contributed by atoms with Crippen molar-refractivity contribution in [3.05, 3.63) is 199 Å². The van der Waals surface area contributed by atoms with Crippen LogP contribution in [0.25, 0.3) is 43.8 Å². The van der Waals surface area contributed by atoms with Gasteiger partial charge < -0.3 is 19.1 Å². The largest absolute Gasteiger partial charge is 0.454 e. The highest BCUT2D eigenvalue weighted by molar-refractivity contribution is 7.00. The van der Waals surface area contributed by atoms with Crippen molar-refractivity contribution in [3.63, 3.8) is 0 Å². The van der Waals surface area contributed by atoms with Crippen molar-refractivity contribution in [2.24, 2.45) is 0 Å². The molecule has 0 spiro atoms. The predicted molar refractivity (Wildman–Crippen MR) is 299 cm³/mol. The zero-order valence-electron chi connectivity index (χ0n) is 40.7. The summed E-state index contributed by atoms with van der Waals surface area (Å²) in [4.78, 5) is 7.99. The molecule has 3 aliphatic heterocycles. The lowest BCUT2D eigenvalue weighted by molar-refractivity contribution is 0.195. The van der Waals surface area contributed by atoms with E-state index in [9.17, 15) is 0 Å². The molecule has 0 radical (unpaired) electrons. The summed E-state index contributed by atoms with van der Waals surface area (Å²) in [5.41, 5.74) is 21.3. The van der Waals surface area contributed by atoms with Gasteiger partial charge in [-0.05, 0) is 155 Å². The maximum Gasteiger partial charge on any atom is 0.252 e. The Kier molecular flexibility index (Phi) is 9.02. The maximum atomic E-state index is 6.91. The first-order chi connectivity index (χ1) is 34.9. The summed E-state index contributed by atoms with van der Waals surface area (Å²) in [6, 6.07) is 70.9. The lowest BCUT2D eigenvalue weighted by Gasteiger charge is -2.53. The number of rotatable bonds is 6. The van der Waals surface area contributed by atoms with Crippen LogP contribution in [0.15, 0.2) is 192 Å². The Morgan fingerprint density at radius 2 is 1.30 bits per heavy atom. The molecular weight excluding hydrogens is 862 g/mol. The van der Waals surface area contributed by atoms with Crippen molar-refractivity contribution in [1.29, 1.82) is 0 Å². The summed E-state index contributed by atoms with van der Waals surface area (Å²) in [6.07, 6.45) is 11.4. The first-order valence-corrected chi connectivity index (χ1v) is 26.4. The minimum Gasteiger partial charge on any atom is -0.454 e. The molecule has 0 saturated heterocycles. The summed E-state index contributed by atoms with van der Waals surface area (Å²) in [6.45, 7) is 5.29. The van der Waals surface area contributed by atoms with Gasteiger partial charge in [-0.3, -0.25) is 0 Å². The van der Waals surface area contributed by atoms with E-state index in [1.165, 1.54) is 130 Å². The number of nitrogens with zero attached hydrogens (tertiary/aromatic N) is 3. The second-order valence-electron chi connectivity index (χ2n) is 21.7. The van der Waals surface area contributed by atoms with Crippen molar-refractivity contribution < 1.29 is 4.42 Å². The number of benzene rings is 9. The van der Waals surface area contributed by atoms with Gasteiger partial charge in [0, 0.05) is 56.0 Å². The van der Waals surface area contributed by atoms with E-state index in [0.29, 0.717) is 5.92 Å². The molecule has 2 aliphatic carbocycles. The van der Waals surface area contributed by atoms with Gasteiger partial charge in [0.1, 0.15) is 5.58 Å². The van der Waals surface area contributed by atoms with Crippen LogP contribution in [0.2, 0.25) is 0 Å². The van der Waals surface area contributed by atoms with E-state index in [-0.39, 0.29) is 17.7 Å². The lowest BCUT2D eigenvalue weighted by Crippen LogP contribution is -2.64. The number of hydrogen-bond acceptors (Lipinski definition) is 4. The molecule has 0 N–H and O–H groups in total. The Hall–Kier alpha value is -7.50. The Bertz CT molecular complexity index is 3790. The van der Waals surface area contributed by atoms with E-state index in [4.69, 9.17) is 4.42 Å². The molecule has 4 nitrogen and oxygen atoms in total. The van der Waals surface area contributed by atoms with E-state index < -0.39 is 0 Å². The molecular formula is C66H56BN3O. The number of furan rings is 1. The van der Waals surface area contributed by atoms with Gasteiger partial charge in [0.15, 0.2) is 5.58 Å². The molecule has 5 aliphatic rings. The molecule has 2 saturated carbocycles. The van der Waals surface area contributed by atoms with Gasteiger partial charge in [-0.1, -0.05) is 160 Å². The van der Waals surface area contributed by atoms with E-state index in [2.05, 4.69) is 217 Å². The van der Waals surface area contributed by atoms with Gasteiger partial charge in [-0.15, -0.1) is 0 Å². The number of para-hydroxylation sites is 4. The maximum absolute atomic E-state index is 6.91. The molecule has 2 atom stereocenters. The van der Waals surface area contributed by atoms with Crippen LogP contribution in [0.5, 0.6) is 0 Å². The van der Waals surface area contributed by atoms with Gasteiger partial charge >= 0.3 is 0 Å². The molecule has 2 unspecified atom stereocenters. The fourth-order valence-electron chi connectivity index (χ4n) is 14.5. The van der Waals surface area contributed by atoms with Crippen molar-refractivity contribution in [2.75, 3.05) is 14.7 Å². The molecule has 2 fully saturated rings. The molecule has 0 amide bonds. The van der Waals surface area contributed by atoms with Crippen molar-refractivity contribution in [1.82, 2.24) is 0 Å². The van der Waals surface area contributed by atoms with E-state index >= 15 is 0 Å². The van der Waals surface area contributed by atoms with Crippen molar-refractivity contribution in [3.8, 4) is 11.1 Å². The third-order valence-corrected chi connectivity index (χ3v) is 18.1. The molecule has 10 aromatic rings. The quantitative estimate of drug-likeness (QED) is 0.155. The molecule has 71 heavy (non-hydrogen) atoms. The van der Waals surface area contributed by atoms with Crippen LogP contribution >= 0.6 is 0 Å². The minimum atomic E-state index is -0.0190. The summed E-state index contributed by atoms with van der Waals surface area (Å²) in [7, 11) is 0. The summed E-state index contributed by atoms with van der Waals surface area (Å²) in [5, 5.41) is 4.72. The van der Waals surface area contributed by atoms with Gasteiger partial charge in [0.25, 0.3) is 6.71 Å². The van der Waals surface area contributed by atoms with Gasteiger partial charge in [0.05, 0.1) is 11.2 Å². The Labute approximate surface area is 417 Å². The van der Waals surface area contributed by atoms with Crippen LogP contribution in [0, 0.1) is 0 Å². The zero-order chi connectivity index (χ0) is 47.0. The highest BCUT2D eigenvalue weighted by Gasteiger charge is 2.61. The molecule has 15 rings (SSSR count). The molecule has 9 aromatic carbocycles. The second-order valence-corrected chi connectivity index (χ2v) is 21.7. The van der Waals surface area contributed by atoms with E-state index in [1.54, 1.807) is 5.56 Å². The van der Waals surface area contributed by atoms with Crippen LogP contribution in [-0.4, -0.2) is 12.3 Å². The van der Waals surface area contributed by atoms with Crippen LogP contribution in [0.4, 0.5) is 45.5 Å². The SMILES string of the molecule is CC12CCCCC1(C)N1c3cc(C4CCCCC4)cc4c3B(c3ccc(N(c5cccc(-c6ccc7ccccc7c6)c5)c5cccc6c5oc5ccccc56)cc3N4c3ccccc3)c3cccc2c31. The van der Waals surface area contributed by atoms with Crippen molar-refractivity contribution in [2.45, 2.75) is 88.5 Å². The van der Waals surface area contributed by atoms with Crippen LogP contribution in [0.1, 0.15) is 88.7 Å². The molecule has 344 valence electrons.